The number of benzene rings is 1. The molecule has 0 aliphatic carbocycles. The molecule has 5 heteroatoms. The fourth-order valence-electron chi connectivity index (χ4n) is 1.96. The van der Waals surface area contributed by atoms with Gasteiger partial charge in [0.1, 0.15) is 5.75 Å². The number of nitrogens with zero attached hydrogens (tertiary/aromatic N) is 1. The summed E-state index contributed by atoms with van der Waals surface area (Å²) in [6.45, 7) is -0.338. The molecule has 0 aliphatic heterocycles. The van der Waals surface area contributed by atoms with E-state index in [1.165, 1.54) is 0 Å². The highest BCUT2D eigenvalue weighted by Crippen LogP contribution is 2.27. The second-order valence-electron chi connectivity index (χ2n) is 3.94. The molecule has 0 saturated carbocycles. The van der Waals surface area contributed by atoms with Crippen molar-refractivity contribution in [2.45, 2.75) is 0 Å². The summed E-state index contributed by atoms with van der Waals surface area (Å²) in [7, 11) is 0. The van der Waals surface area contributed by atoms with Crippen LogP contribution in [0, 0.1) is 0 Å². The third-order valence-corrected chi connectivity index (χ3v) is 2.73. The Bertz CT molecular complexity index is 733. The quantitative estimate of drug-likeness (QED) is 0.738. The zero-order chi connectivity index (χ0) is 12.5. The van der Waals surface area contributed by atoms with Gasteiger partial charge in [0.05, 0.1) is 11.7 Å². The van der Waals surface area contributed by atoms with E-state index in [9.17, 15) is 4.79 Å². The van der Waals surface area contributed by atoms with Gasteiger partial charge in [0.15, 0.2) is 6.61 Å². The molecule has 0 fully saturated rings. The van der Waals surface area contributed by atoms with Crippen LogP contribution in [0.4, 0.5) is 0 Å². The Morgan fingerprint density at radius 2 is 2.17 bits per heavy atom. The molecule has 0 aliphatic rings. The second kappa shape index (κ2) is 4.03. The molecule has 2 aromatic heterocycles. The van der Waals surface area contributed by atoms with E-state index in [0.717, 1.165) is 21.8 Å². The standard InChI is InChI=1S/C13H10N2O3/c16-13(17)7-18-8-1-2-11-10(5-8)9-3-4-14-6-12(9)15-11/h1-6,15H,7H2,(H,16,17). The maximum Gasteiger partial charge on any atom is 0.341 e. The lowest BCUT2D eigenvalue weighted by atomic mass is 10.2. The number of fused-ring (bicyclic) bond motifs is 3. The van der Waals surface area contributed by atoms with Gasteiger partial charge in [0.2, 0.25) is 0 Å². The number of rotatable bonds is 3. The number of nitrogens with one attached hydrogen (secondary N) is 1. The van der Waals surface area contributed by atoms with Crippen LogP contribution in [0.1, 0.15) is 0 Å². The lowest BCUT2D eigenvalue weighted by Gasteiger charge is -2.02. The first kappa shape index (κ1) is 10.6. The number of carbonyl (C=O) groups is 1. The molecule has 5 nitrogen and oxygen atoms in total. The number of pyridine rings is 1. The topological polar surface area (TPSA) is 75.2 Å². The van der Waals surface area contributed by atoms with E-state index in [4.69, 9.17) is 9.84 Å². The molecule has 2 heterocycles. The van der Waals surface area contributed by atoms with Crippen molar-refractivity contribution in [3.05, 3.63) is 36.7 Å². The molecular formula is C13H10N2O3. The number of hydrogen-bond acceptors (Lipinski definition) is 3. The largest absolute Gasteiger partial charge is 0.482 e. The van der Waals surface area contributed by atoms with Crippen LogP contribution >= 0.6 is 0 Å². The third kappa shape index (κ3) is 1.75. The van der Waals surface area contributed by atoms with E-state index in [0.29, 0.717) is 5.75 Å². The number of carboxylic acids is 1. The van der Waals surface area contributed by atoms with Crippen molar-refractivity contribution in [2.75, 3.05) is 6.61 Å². The molecule has 0 unspecified atom stereocenters. The Hall–Kier alpha value is -2.56. The number of aromatic nitrogens is 2. The van der Waals surface area contributed by atoms with E-state index in [2.05, 4.69) is 9.97 Å². The first-order valence-electron chi connectivity index (χ1n) is 5.44. The lowest BCUT2D eigenvalue weighted by molar-refractivity contribution is -0.139. The molecule has 90 valence electrons. The normalized spacial score (nSPS) is 10.9. The van der Waals surface area contributed by atoms with E-state index in [1.807, 2.05) is 18.2 Å². The highest BCUT2D eigenvalue weighted by atomic mass is 16.5. The van der Waals surface area contributed by atoms with Crippen LogP contribution in [-0.4, -0.2) is 27.7 Å². The minimum atomic E-state index is -0.988. The molecular weight excluding hydrogens is 232 g/mol. The number of carboxylic acid groups (broad SMARTS) is 1. The zero-order valence-electron chi connectivity index (χ0n) is 9.38. The van der Waals surface area contributed by atoms with Gasteiger partial charge in [-0.1, -0.05) is 0 Å². The van der Waals surface area contributed by atoms with Crippen LogP contribution in [0.5, 0.6) is 5.75 Å². The number of aromatic amines is 1. The third-order valence-electron chi connectivity index (χ3n) is 2.73. The van der Waals surface area contributed by atoms with Crippen LogP contribution in [-0.2, 0) is 4.79 Å². The summed E-state index contributed by atoms with van der Waals surface area (Å²) in [5.41, 5.74) is 1.92. The summed E-state index contributed by atoms with van der Waals surface area (Å²) in [6, 6.07) is 7.35. The van der Waals surface area contributed by atoms with Gasteiger partial charge in [-0.15, -0.1) is 0 Å². The molecule has 0 bridgehead atoms. The zero-order valence-corrected chi connectivity index (χ0v) is 9.38. The van der Waals surface area contributed by atoms with E-state index >= 15 is 0 Å². The van der Waals surface area contributed by atoms with Gasteiger partial charge >= 0.3 is 5.97 Å². The maximum atomic E-state index is 10.5. The Balaban J connectivity index is 2.09. The van der Waals surface area contributed by atoms with Crippen molar-refractivity contribution in [3.8, 4) is 5.75 Å². The Morgan fingerprint density at radius 3 is 3.00 bits per heavy atom. The van der Waals surface area contributed by atoms with Crippen LogP contribution in [0.3, 0.4) is 0 Å². The van der Waals surface area contributed by atoms with Crippen molar-refractivity contribution in [1.29, 1.82) is 0 Å². The second-order valence-corrected chi connectivity index (χ2v) is 3.94. The van der Waals surface area contributed by atoms with Gasteiger partial charge in [-0.3, -0.25) is 4.98 Å². The van der Waals surface area contributed by atoms with Crippen LogP contribution in [0.25, 0.3) is 21.8 Å². The summed E-state index contributed by atoms with van der Waals surface area (Å²) in [6.07, 6.45) is 3.48. The van der Waals surface area contributed by atoms with E-state index < -0.39 is 5.97 Å². The Morgan fingerprint density at radius 1 is 1.28 bits per heavy atom. The smallest absolute Gasteiger partial charge is 0.341 e. The van der Waals surface area contributed by atoms with Gasteiger partial charge in [-0.2, -0.15) is 0 Å². The lowest BCUT2D eigenvalue weighted by Crippen LogP contribution is -2.09. The molecule has 0 spiro atoms. The Kier molecular flexibility index (Phi) is 2.37. The van der Waals surface area contributed by atoms with Crippen LogP contribution < -0.4 is 4.74 Å². The first-order valence-corrected chi connectivity index (χ1v) is 5.44. The molecule has 0 saturated heterocycles. The van der Waals surface area contributed by atoms with Crippen LogP contribution in [0.2, 0.25) is 0 Å². The first-order chi connectivity index (χ1) is 8.74. The van der Waals surface area contributed by atoms with Crippen LogP contribution in [0.15, 0.2) is 36.7 Å². The summed E-state index contributed by atoms with van der Waals surface area (Å²) in [4.78, 5) is 17.7. The summed E-state index contributed by atoms with van der Waals surface area (Å²) in [5, 5.41) is 10.6. The fourth-order valence-corrected chi connectivity index (χ4v) is 1.96. The molecule has 2 N–H and O–H groups in total. The average Bonchev–Trinajstić information content (AvgIpc) is 2.74. The molecule has 3 aromatic rings. The summed E-state index contributed by atoms with van der Waals surface area (Å²) in [5.74, 6) is -0.444. The number of H-pyrrole nitrogens is 1. The van der Waals surface area contributed by atoms with E-state index in [-0.39, 0.29) is 6.61 Å². The van der Waals surface area contributed by atoms with Gasteiger partial charge in [-0.05, 0) is 24.3 Å². The number of hydrogen-bond donors (Lipinski definition) is 2. The molecule has 3 rings (SSSR count). The van der Waals surface area contributed by atoms with Crippen molar-refractivity contribution in [2.24, 2.45) is 0 Å². The minimum Gasteiger partial charge on any atom is -0.482 e. The monoisotopic (exact) mass is 242 g/mol. The predicted octanol–water partition coefficient (Wildman–Crippen LogP) is 2.18. The van der Waals surface area contributed by atoms with Gasteiger partial charge < -0.3 is 14.8 Å². The maximum absolute atomic E-state index is 10.5. The van der Waals surface area contributed by atoms with Gasteiger partial charge in [0.25, 0.3) is 0 Å². The van der Waals surface area contributed by atoms with Crippen molar-refractivity contribution < 1.29 is 14.6 Å². The van der Waals surface area contributed by atoms with Crippen molar-refractivity contribution in [1.82, 2.24) is 9.97 Å². The number of ether oxygens (including phenoxy) is 1. The average molecular weight is 242 g/mol. The van der Waals surface area contributed by atoms with Gasteiger partial charge in [-0.25, -0.2) is 4.79 Å². The SMILES string of the molecule is O=C(O)COc1ccc2[nH]c3cnccc3c2c1. The predicted molar refractivity (Wildman–Crippen MR) is 66.7 cm³/mol. The molecule has 1 aromatic carbocycles. The molecule has 0 atom stereocenters. The molecule has 0 radical (unpaired) electrons. The fraction of sp³-hybridized carbons (Fsp3) is 0.0769. The summed E-state index contributed by atoms with van der Waals surface area (Å²) >= 11 is 0. The van der Waals surface area contributed by atoms with Crippen molar-refractivity contribution >= 4 is 27.8 Å². The van der Waals surface area contributed by atoms with E-state index in [1.54, 1.807) is 18.5 Å². The molecule has 0 amide bonds. The minimum absolute atomic E-state index is 0.338. The highest BCUT2D eigenvalue weighted by Gasteiger charge is 2.06. The summed E-state index contributed by atoms with van der Waals surface area (Å²) < 4.78 is 5.16. The van der Waals surface area contributed by atoms with Gasteiger partial charge in [0, 0.05) is 22.5 Å². The number of aliphatic carboxylic acids is 1. The Labute approximate surface area is 102 Å². The molecule has 18 heavy (non-hydrogen) atoms. The highest BCUT2D eigenvalue weighted by molar-refractivity contribution is 6.07. The van der Waals surface area contributed by atoms with Crippen molar-refractivity contribution in [3.63, 3.8) is 0 Å².